The van der Waals surface area contributed by atoms with Gasteiger partial charge in [-0.25, -0.2) is 0 Å². The third kappa shape index (κ3) is 15.1. The molecule has 0 saturated heterocycles. The van der Waals surface area contributed by atoms with E-state index in [1.165, 1.54) is 96.3 Å². The summed E-state index contributed by atoms with van der Waals surface area (Å²) in [6, 6.07) is 6.27. The van der Waals surface area contributed by atoms with E-state index < -0.39 is 10.3 Å². The summed E-state index contributed by atoms with van der Waals surface area (Å²) in [4.78, 5) is 0. The minimum Gasteiger partial charge on any atom is -0.269 e. The zero-order valence-electron chi connectivity index (χ0n) is 18.7. The van der Waals surface area contributed by atoms with Gasteiger partial charge >= 0.3 is 10.3 Å². The highest BCUT2D eigenvalue weighted by atomic mass is 35.5. The van der Waals surface area contributed by atoms with Crippen molar-refractivity contribution in [1.29, 1.82) is 0 Å². The molecule has 0 saturated carbocycles. The molecule has 0 fully saturated rings. The molecule has 30 heavy (non-hydrogen) atoms. The maximum Gasteiger partial charge on any atom is 0.357 e. The fourth-order valence-electron chi connectivity index (χ4n) is 3.76. The number of nitrogens with one attached hydrogen (secondary N) is 1. The molecule has 1 aromatic carbocycles. The molecule has 0 aromatic heterocycles. The van der Waals surface area contributed by atoms with Crippen LogP contribution in [0.2, 0.25) is 5.02 Å². The summed E-state index contributed by atoms with van der Waals surface area (Å²) >= 11 is 5.91. The summed E-state index contributed by atoms with van der Waals surface area (Å²) in [6.45, 7) is 2.27. The second-order valence-electron chi connectivity index (χ2n) is 8.37. The highest BCUT2D eigenvalue weighted by Gasteiger charge is 2.09. The molecule has 1 radical (unpaired) electrons. The molecule has 1 aromatic rings. The lowest BCUT2D eigenvalue weighted by atomic mass is 10.0. The van der Waals surface area contributed by atoms with Gasteiger partial charge in [0, 0.05) is 6.07 Å². The molecule has 0 amide bonds. The minimum absolute atomic E-state index is 0.156. The molecule has 0 aliphatic rings. The summed E-state index contributed by atoms with van der Waals surface area (Å²) in [7, 11) is -4.32. The lowest BCUT2D eigenvalue weighted by Crippen LogP contribution is -2.11. The molecule has 0 aliphatic heterocycles. The van der Waals surface area contributed by atoms with Gasteiger partial charge in [-0.1, -0.05) is 115 Å². The van der Waals surface area contributed by atoms with E-state index in [1.54, 1.807) is 12.1 Å². The monoisotopic (exact) mass is 458 g/mol. The van der Waals surface area contributed by atoms with E-state index >= 15 is 0 Å². The van der Waals surface area contributed by atoms with Crippen molar-refractivity contribution in [2.75, 3.05) is 4.72 Å². The average molecular weight is 459 g/mol. The molecular formula is C24H41ClNO3S. The van der Waals surface area contributed by atoms with Gasteiger partial charge < -0.3 is 0 Å². The summed E-state index contributed by atoms with van der Waals surface area (Å²) in [5, 5.41) is 0.156. The normalized spacial score (nSPS) is 11.7. The maximum atomic E-state index is 11.0. The lowest BCUT2D eigenvalue weighted by molar-refractivity contribution is 0.489. The van der Waals surface area contributed by atoms with Gasteiger partial charge in [0.2, 0.25) is 0 Å². The Balaban J connectivity index is 1.96. The van der Waals surface area contributed by atoms with E-state index in [-0.39, 0.29) is 10.7 Å². The fourth-order valence-corrected chi connectivity index (χ4v) is 4.41. The molecule has 0 spiro atoms. The van der Waals surface area contributed by atoms with Gasteiger partial charge in [0.15, 0.2) is 0 Å². The Morgan fingerprint density at radius 1 is 0.833 bits per heavy atom. The molecule has 0 heterocycles. The quantitative estimate of drug-likeness (QED) is 0.162. The van der Waals surface area contributed by atoms with E-state index in [0.29, 0.717) is 0 Å². The molecular weight excluding hydrogens is 418 g/mol. The predicted octanol–water partition coefficient (Wildman–Crippen LogP) is 8.16. The number of halogens is 1. The summed E-state index contributed by atoms with van der Waals surface area (Å²) in [5.74, 6) is 0. The Morgan fingerprint density at radius 3 is 1.70 bits per heavy atom. The van der Waals surface area contributed by atoms with Crippen molar-refractivity contribution in [1.82, 2.24) is 0 Å². The molecule has 0 bridgehead atoms. The van der Waals surface area contributed by atoms with E-state index in [0.717, 1.165) is 18.4 Å². The number of benzene rings is 1. The van der Waals surface area contributed by atoms with Gasteiger partial charge in [-0.2, -0.15) is 8.42 Å². The molecule has 173 valence electrons. The first-order valence-electron chi connectivity index (χ1n) is 11.9. The van der Waals surface area contributed by atoms with Crippen LogP contribution in [-0.4, -0.2) is 13.0 Å². The predicted molar refractivity (Wildman–Crippen MR) is 129 cm³/mol. The zero-order chi connectivity index (χ0) is 22.1. The second-order valence-corrected chi connectivity index (χ2v) is 9.90. The molecule has 0 atom stereocenters. The van der Waals surface area contributed by atoms with Gasteiger partial charge in [-0.15, -0.1) is 0 Å². The SMILES string of the molecule is CCCCCCCCCCCCCCCCCCc1c[c]c(Cl)c(NS(=O)(=O)O)c1. The van der Waals surface area contributed by atoms with Crippen molar-refractivity contribution in [3.05, 3.63) is 28.8 Å². The number of hydrogen-bond acceptors (Lipinski definition) is 2. The highest BCUT2D eigenvalue weighted by Crippen LogP contribution is 2.24. The van der Waals surface area contributed by atoms with Gasteiger partial charge in [-0.05, 0) is 30.5 Å². The van der Waals surface area contributed by atoms with E-state index in [2.05, 4.69) is 13.0 Å². The number of aryl methyl sites for hydroxylation is 1. The summed E-state index contributed by atoms with van der Waals surface area (Å²) < 4.78 is 32.8. The van der Waals surface area contributed by atoms with Crippen molar-refractivity contribution in [3.63, 3.8) is 0 Å². The van der Waals surface area contributed by atoms with Crippen LogP contribution >= 0.6 is 11.6 Å². The molecule has 0 aliphatic carbocycles. The first kappa shape index (κ1) is 27.3. The van der Waals surface area contributed by atoms with Crippen LogP contribution in [0.1, 0.15) is 115 Å². The number of anilines is 1. The number of unbranched alkanes of at least 4 members (excludes halogenated alkanes) is 15. The molecule has 6 heteroatoms. The maximum absolute atomic E-state index is 11.0. The summed E-state index contributed by atoms with van der Waals surface area (Å²) in [5.41, 5.74) is 1.14. The van der Waals surface area contributed by atoms with Crippen LogP contribution < -0.4 is 4.72 Å². The first-order valence-corrected chi connectivity index (χ1v) is 13.7. The molecule has 2 N–H and O–H groups in total. The van der Waals surface area contributed by atoms with Crippen LogP contribution in [0.25, 0.3) is 0 Å². The van der Waals surface area contributed by atoms with Crippen LogP contribution in [-0.2, 0) is 16.7 Å². The van der Waals surface area contributed by atoms with E-state index in [9.17, 15) is 8.42 Å². The Labute approximate surface area is 190 Å². The molecule has 0 unspecified atom stereocenters. The zero-order valence-corrected chi connectivity index (χ0v) is 20.3. The Hall–Kier alpha value is -0.780. The third-order valence-corrected chi connectivity index (χ3v) is 6.30. The topological polar surface area (TPSA) is 66.4 Å². The van der Waals surface area contributed by atoms with Gasteiger partial charge in [0.25, 0.3) is 0 Å². The number of rotatable bonds is 19. The Morgan fingerprint density at radius 2 is 1.27 bits per heavy atom. The third-order valence-electron chi connectivity index (χ3n) is 5.51. The van der Waals surface area contributed by atoms with Crippen molar-refractivity contribution in [2.45, 2.75) is 116 Å². The average Bonchev–Trinajstić information content (AvgIpc) is 2.69. The largest absolute Gasteiger partial charge is 0.357 e. The Kier molecular flexibility index (Phi) is 15.3. The van der Waals surface area contributed by atoms with Crippen LogP contribution in [0, 0.1) is 6.07 Å². The minimum atomic E-state index is -4.32. The number of hydrogen-bond donors (Lipinski definition) is 2. The van der Waals surface area contributed by atoms with E-state index in [1.807, 2.05) is 4.72 Å². The smallest absolute Gasteiger partial charge is 0.269 e. The van der Waals surface area contributed by atoms with Crippen molar-refractivity contribution >= 4 is 27.6 Å². The van der Waals surface area contributed by atoms with Crippen molar-refractivity contribution < 1.29 is 13.0 Å². The van der Waals surface area contributed by atoms with Crippen molar-refractivity contribution in [3.8, 4) is 0 Å². The van der Waals surface area contributed by atoms with Gasteiger partial charge in [0.05, 0.1) is 10.7 Å². The highest BCUT2D eigenvalue weighted by molar-refractivity contribution is 7.87. The second kappa shape index (κ2) is 16.9. The lowest BCUT2D eigenvalue weighted by Gasteiger charge is -2.08. The van der Waals surface area contributed by atoms with Crippen LogP contribution in [0.5, 0.6) is 0 Å². The first-order chi connectivity index (χ1) is 14.4. The van der Waals surface area contributed by atoms with Gasteiger partial charge in [0.1, 0.15) is 0 Å². The fraction of sp³-hybridized carbons (Fsp3) is 0.750. The summed E-state index contributed by atoms with van der Waals surface area (Å²) in [6.07, 6.45) is 22.3. The van der Waals surface area contributed by atoms with Crippen LogP contribution in [0.4, 0.5) is 5.69 Å². The van der Waals surface area contributed by atoms with E-state index in [4.69, 9.17) is 16.2 Å². The molecule has 4 nitrogen and oxygen atoms in total. The van der Waals surface area contributed by atoms with Crippen molar-refractivity contribution in [2.24, 2.45) is 0 Å². The molecule has 1 rings (SSSR count). The van der Waals surface area contributed by atoms with Crippen LogP contribution in [0.3, 0.4) is 0 Å². The van der Waals surface area contributed by atoms with Crippen LogP contribution in [0.15, 0.2) is 12.1 Å². The standard InChI is InChI=1S/C24H41ClNO3S/c1-2-3-4-5-6-7-8-9-10-11-12-13-14-15-16-17-18-22-19-20-23(25)24(21-22)26-30(27,28)29/h19,21,26H,2-18H2,1H3,(H,27,28,29). The Bertz CT molecular complexity index is 664. The van der Waals surface area contributed by atoms with Gasteiger partial charge in [-0.3, -0.25) is 9.27 Å².